The fourth-order valence-corrected chi connectivity index (χ4v) is 5.61. The van der Waals surface area contributed by atoms with Crippen LogP contribution in [0.2, 0.25) is 0 Å². The molecule has 2 aliphatic heterocycles. The van der Waals surface area contributed by atoms with Crippen LogP contribution in [-0.2, 0) is 4.79 Å². The highest BCUT2D eigenvalue weighted by atomic mass is 16.5. The number of carbonyl (C=O) groups is 2. The van der Waals surface area contributed by atoms with Gasteiger partial charge in [-0.2, -0.15) is 0 Å². The van der Waals surface area contributed by atoms with Crippen molar-refractivity contribution in [2.75, 3.05) is 13.1 Å². The van der Waals surface area contributed by atoms with Crippen LogP contribution in [0, 0.1) is 25.7 Å². The zero-order valence-electron chi connectivity index (χ0n) is 19.0. The van der Waals surface area contributed by atoms with Gasteiger partial charge in [0, 0.05) is 31.8 Å². The molecular weight excluding hydrogens is 374 g/mol. The summed E-state index contributed by atoms with van der Waals surface area (Å²) in [6, 6.07) is 3.98. The lowest BCUT2D eigenvalue weighted by atomic mass is 9.78. The molecule has 2 heterocycles. The van der Waals surface area contributed by atoms with Gasteiger partial charge >= 0.3 is 0 Å². The summed E-state index contributed by atoms with van der Waals surface area (Å²) in [5.74, 6) is 2.29. The van der Waals surface area contributed by atoms with Crippen LogP contribution in [0.4, 0.5) is 0 Å². The van der Waals surface area contributed by atoms with Gasteiger partial charge in [-0.15, -0.1) is 0 Å². The molecule has 1 aromatic rings. The molecule has 0 aromatic heterocycles. The fraction of sp³-hybridized carbons (Fsp3) is 0.692. The van der Waals surface area contributed by atoms with Crippen molar-refractivity contribution in [1.82, 2.24) is 4.90 Å². The Morgan fingerprint density at radius 2 is 1.77 bits per heavy atom. The maximum absolute atomic E-state index is 13.1. The lowest BCUT2D eigenvalue weighted by Gasteiger charge is -2.45. The van der Waals surface area contributed by atoms with Gasteiger partial charge in [-0.05, 0) is 68.7 Å². The van der Waals surface area contributed by atoms with Crippen LogP contribution < -0.4 is 4.74 Å². The van der Waals surface area contributed by atoms with Crippen molar-refractivity contribution < 1.29 is 14.3 Å². The van der Waals surface area contributed by atoms with E-state index in [4.69, 9.17) is 4.74 Å². The van der Waals surface area contributed by atoms with E-state index in [2.05, 4.69) is 13.8 Å². The van der Waals surface area contributed by atoms with Crippen molar-refractivity contribution in [1.29, 1.82) is 0 Å². The fourth-order valence-electron chi connectivity index (χ4n) is 5.61. The number of unbranched alkanes of at least 4 members (excludes halogenated alkanes) is 1. The second kappa shape index (κ2) is 8.72. The molecule has 1 aliphatic carbocycles. The lowest BCUT2D eigenvalue weighted by Crippen LogP contribution is -2.53. The summed E-state index contributed by atoms with van der Waals surface area (Å²) in [6.07, 6.45) is 10.4. The number of aryl methyl sites for hydroxylation is 2. The first kappa shape index (κ1) is 21.4. The van der Waals surface area contributed by atoms with E-state index in [0.717, 1.165) is 54.0 Å². The molecule has 3 aliphatic rings. The van der Waals surface area contributed by atoms with E-state index in [9.17, 15) is 9.59 Å². The Hall–Kier alpha value is -1.84. The molecular formula is C26H37NO3. The quantitative estimate of drug-likeness (QED) is 0.645. The zero-order chi connectivity index (χ0) is 21.3. The van der Waals surface area contributed by atoms with E-state index < -0.39 is 5.60 Å². The van der Waals surface area contributed by atoms with Gasteiger partial charge in [-0.1, -0.05) is 26.2 Å². The van der Waals surface area contributed by atoms with Gasteiger partial charge in [0.05, 0.1) is 12.0 Å². The summed E-state index contributed by atoms with van der Waals surface area (Å²) >= 11 is 0. The number of amides is 1. The second-order valence-electron chi connectivity index (χ2n) is 10.0. The molecule has 4 rings (SSSR count). The second-order valence-corrected chi connectivity index (χ2v) is 10.0. The Morgan fingerprint density at radius 3 is 2.43 bits per heavy atom. The number of Topliss-reactive ketones (excluding diaryl/α,β-unsaturated/α-hetero) is 1. The third-order valence-electron chi connectivity index (χ3n) is 7.85. The van der Waals surface area contributed by atoms with Crippen LogP contribution in [0.1, 0.15) is 92.6 Å². The number of piperidine rings is 1. The summed E-state index contributed by atoms with van der Waals surface area (Å²) < 4.78 is 6.43. The lowest BCUT2D eigenvalue weighted by molar-refractivity contribution is -0.140. The Bertz CT molecular complexity index is 799. The molecule has 1 spiro atoms. The summed E-state index contributed by atoms with van der Waals surface area (Å²) in [7, 11) is 0. The van der Waals surface area contributed by atoms with Crippen LogP contribution in [0.15, 0.2) is 12.1 Å². The number of carbonyl (C=O) groups excluding carboxylic acids is 2. The van der Waals surface area contributed by atoms with Crippen LogP contribution in [0.5, 0.6) is 5.75 Å². The maximum atomic E-state index is 13.1. The third-order valence-corrected chi connectivity index (χ3v) is 7.85. The molecule has 4 heteroatoms. The summed E-state index contributed by atoms with van der Waals surface area (Å²) in [5.41, 5.74) is 2.58. The molecule has 30 heavy (non-hydrogen) atoms. The van der Waals surface area contributed by atoms with E-state index in [-0.39, 0.29) is 11.7 Å². The third kappa shape index (κ3) is 4.29. The molecule has 1 saturated carbocycles. The van der Waals surface area contributed by atoms with Crippen LogP contribution >= 0.6 is 0 Å². The minimum atomic E-state index is -0.430. The van der Waals surface area contributed by atoms with E-state index in [1.807, 2.05) is 24.0 Å². The number of hydrogen-bond donors (Lipinski definition) is 0. The number of fused-ring (bicyclic) bond motifs is 1. The molecule has 0 radical (unpaired) electrons. The van der Waals surface area contributed by atoms with Gasteiger partial charge in [-0.25, -0.2) is 0 Å². The van der Waals surface area contributed by atoms with Crippen molar-refractivity contribution in [2.45, 2.75) is 90.6 Å². The van der Waals surface area contributed by atoms with Crippen molar-refractivity contribution in [2.24, 2.45) is 11.8 Å². The smallest absolute Gasteiger partial charge is 0.225 e. The molecule has 0 bridgehead atoms. The zero-order valence-corrected chi connectivity index (χ0v) is 19.0. The Morgan fingerprint density at radius 1 is 1.10 bits per heavy atom. The largest absolute Gasteiger partial charge is 0.486 e. The molecule has 2 fully saturated rings. The van der Waals surface area contributed by atoms with Gasteiger partial charge < -0.3 is 9.64 Å². The van der Waals surface area contributed by atoms with Crippen LogP contribution in [0.3, 0.4) is 0 Å². The number of likely N-dealkylation sites (tertiary alicyclic amines) is 1. The number of rotatable bonds is 4. The summed E-state index contributed by atoms with van der Waals surface area (Å²) in [4.78, 5) is 28.0. The standard InChI is InChI=1S/C26H37NO3/c1-4-5-6-20-7-9-21(10-8-20)25(29)27-13-11-26(12-14-27)17-23(28)22-15-18(2)19(3)16-24(22)30-26/h15-16,20-21H,4-14,17H2,1-3H3. The topological polar surface area (TPSA) is 46.6 Å². The van der Waals surface area contributed by atoms with Crippen molar-refractivity contribution in [3.63, 3.8) is 0 Å². The molecule has 4 nitrogen and oxygen atoms in total. The number of benzene rings is 1. The van der Waals surface area contributed by atoms with Gasteiger partial charge in [0.1, 0.15) is 11.4 Å². The number of hydrogen-bond acceptors (Lipinski definition) is 3. The summed E-state index contributed by atoms with van der Waals surface area (Å²) in [5, 5.41) is 0. The predicted molar refractivity (Wildman–Crippen MR) is 119 cm³/mol. The molecule has 1 aromatic carbocycles. The van der Waals surface area contributed by atoms with Crippen LogP contribution in [0.25, 0.3) is 0 Å². The highest BCUT2D eigenvalue weighted by Gasteiger charge is 2.44. The SMILES string of the molecule is CCCCC1CCC(C(=O)N2CCC3(CC2)CC(=O)c2cc(C)c(C)cc2O3)CC1. The van der Waals surface area contributed by atoms with E-state index >= 15 is 0 Å². The van der Waals surface area contributed by atoms with Crippen molar-refractivity contribution >= 4 is 11.7 Å². The summed E-state index contributed by atoms with van der Waals surface area (Å²) in [6.45, 7) is 7.77. The van der Waals surface area contributed by atoms with E-state index in [0.29, 0.717) is 25.4 Å². The van der Waals surface area contributed by atoms with Crippen molar-refractivity contribution in [3.05, 3.63) is 28.8 Å². The Labute approximate surface area is 181 Å². The van der Waals surface area contributed by atoms with Gasteiger partial charge in [-0.3, -0.25) is 9.59 Å². The highest BCUT2D eigenvalue weighted by molar-refractivity contribution is 6.00. The van der Waals surface area contributed by atoms with Gasteiger partial charge in [0.15, 0.2) is 5.78 Å². The minimum absolute atomic E-state index is 0.185. The number of nitrogens with zero attached hydrogens (tertiary/aromatic N) is 1. The first-order valence-corrected chi connectivity index (χ1v) is 12.0. The Kier molecular flexibility index (Phi) is 6.22. The monoisotopic (exact) mass is 411 g/mol. The first-order chi connectivity index (χ1) is 14.4. The van der Waals surface area contributed by atoms with Crippen molar-refractivity contribution in [3.8, 4) is 5.75 Å². The maximum Gasteiger partial charge on any atom is 0.225 e. The predicted octanol–water partition coefficient (Wildman–Crippen LogP) is 5.63. The molecule has 1 amide bonds. The molecule has 0 atom stereocenters. The molecule has 0 N–H and O–H groups in total. The molecule has 1 saturated heterocycles. The minimum Gasteiger partial charge on any atom is -0.486 e. The number of ketones is 1. The van der Waals surface area contributed by atoms with E-state index in [1.165, 1.54) is 32.1 Å². The number of ether oxygens (including phenoxy) is 1. The van der Waals surface area contributed by atoms with E-state index in [1.54, 1.807) is 0 Å². The average Bonchev–Trinajstić information content (AvgIpc) is 2.74. The average molecular weight is 412 g/mol. The molecule has 164 valence electrons. The van der Waals surface area contributed by atoms with Crippen LogP contribution in [-0.4, -0.2) is 35.3 Å². The normalized spacial score (nSPS) is 25.7. The highest BCUT2D eigenvalue weighted by Crippen LogP contribution is 2.41. The van der Waals surface area contributed by atoms with Gasteiger partial charge in [0.25, 0.3) is 0 Å². The first-order valence-electron chi connectivity index (χ1n) is 12.0. The Balaban J connectivity index is 1.34. The molecule has 0 unspecified atom stereocenters. The van der Waals surface area contributed by atoms with Gasteiger partial charge in [0.2, 0.25) is 5.91 Å².